The van der Waals surface area contributed by atoms with Crippen molar-refractivity contribution in [1.29, 1.82) is 0 Å². The molecule has 31 heavy (non-hydrogen) atoms. The summed E-state index contributed by atoms with van der Waals surface area (Å²) >= 11 is 5.73. The summed E-state index contributed by atoms with van der Waals surface area (Å²) in [5, 5.41) is 4.72. The fourth-order valence-electron chi connectivity index (χ4n) is 3.41. The number of halogens is 2. The van der Waals surface area contributed by atoms with Crippen LogP contribution in [0.1, 0.15) is 39.4 Å². The van der Waals surface area contributed by atoms with Crippen LogP contribution in [0.4, 0.5) is 5.69 Å². The highest BCUT2D eigenvalue weighted by Gasteiger charge is 2.35. The number of hydrogen-bond acceptors (Lipinski definition) is 4. The molecule has 0 saturated heterocycles. The Morgan fingerprint density at radius 3 is 2.68 bits per heavy atom. The summed E-state index contributed by atoms with van der Waals surface area (Å²) in [5.74, 6) is -0.257. The lowest BCUT2D eigenvalue weighted by molar-refractivity contribution is 0.0488. The van der Waals surface area contributed by atoms with Gasteiger partial charge in [-0.05, 0) is 65.9 Å². The van der Waals surface area contributed by atoms with E-state index in [2.05, 4.69) is 49.3 Å². The van der Waals surface area contributed by atoms with Crippen molar-refractivity contribution in [1.82, 2.24) is 10.4 Å². The molecule has 4 rings (SSSR count). The van der Waals surface area contributed by atoms with Gasteiger partial charge in [0.15, 0.2) is 0 Å². The molecule has 6 nitrogen and oxygen atoms in total. The molecule has 0 unspecified atom stereocenters. The van der Waals surface area contributed by atoms with Crippen LogP contribution in [0.15, 0.2) is 71.2 Å². The average molecular weight is 592 g/mol. The third-order valence-electron chi connectivity index (χ3n) is 4.83. The number of hydrogen-bond donors (Lipinski definition) is 2. The van der Waals surface area contributed by atoms with E-state index in [4.69, 9.17) is 4.74 Å². The largest absolute Gasteiger partial charge is 0.493 e. The highest BCUT2D eigenvalue weighted by Crippen LogP contribution is 2.35. The Morgan fingerprint density at radius 2 is 1.90 bits per heavy atom. The van der Waals surface area contributed by atoms with Crippen LogP contribution in [0.25, 0.3) is 0 Å². The number of rotatable bonds is 5. The highest BCUT2D eigenvalue weighted by atomic mass is 127. The molecule has 1 atom stereocenters. The van der Waals surface area contributed by atoms with Crippen molar-refractivity contribution in [3.05, 3.63) is 91.5 Å². The highest BCUT2D eigenvalue weighted by molar-refractivity contribution is 14.1. The molecule has 0 fully saturated rings. The Bertz CT molecular complexity index is 1150. The monoisotopic (exact) mass is 591 g/mol. The van der Waals surface area contributed by atoms with E-state index in [1.54, 1.807) is 30.3 Å². The second-order valence-electron chi connectivity index (χ2n) is 6.80. The van der Waals surface area contributed by atoms with Crippen LogP contribution in [-0.4, -0.2) is 23.4 Å². The van der Waals surface area contributed by atoms with E-state index in [0.29, 0.717) is 29.2 Å². The zero-order chi connectivity index (χ0) is 22.0. The van der Waals surface area contributed by atoms with Gasteiger partial charge in [-0.1, -0.05) is 46.3 Å². The first-order chi connectivity index (χ1) is 15.0. The van der Waals surface area contributed by atoms with E-state index in [1.807, 2.05) is 43.3 Å². The van der Waals surface area contributed by atoms with Crippen LogP contribution >= 0.6 is 38.5 Å². The van der Waals surface area contributed by atoms with Crippen molar-refractivity contribution in [2.24, 2.45) is 0 Å². The number of nitrogens with one attached hydrogen (secondary N) is 2. The molecule has 0 aromatic heterocycles. The Hall–Kier alpha value is -2.59. The Morgan fingerprint density at radius 1 is 1.16 bits per heavy atom. The zero-order valence-electron chi connectivity index (χ0n) is 16.6. The minimum atomic E-state index is -0.598. The molecule has 3 aromatic carbocycles. The quantitative estimate of drug-likeness (QED) is 0.392. The van der Waals surface area contributed by atoms with Gasteiger partial charge in [-0.25, -0.2) is 5.01 Å². The Labute approximate surface area is 202 Å². The molecule has 2 amide bonds. The maximum Gasteiger partial charge on any atom is 0.276 e. The van der Waals surface area contributed by atoms with Gasteiger partial charge in [0.25, 0.3) is 11.8 Å². The van der Waals surface area contributed by atoms with Crippen LogP contribution in [0.5, 0.6) is 5.75 Å². The van der Waals surface area contributed by atoms with Crippen LogP contribution in [0, 0.1) is 3.57 Å². The summed E-state index contributed by atoms with van der Waals surface area (Å²) in [4.78, 5) is 26.6. The fourth-order valence-corrected chi connectivity index (χ4v) is 4.41. The van der Waals surface area contributed by atoms with E-state index < -0.39 is 12.1 Å². The molecular weight excluding hydrogens is 573 g/mol. The lowest BCUT2D eigenvalue weighted by Crippen LogP contribution is -2.53. The maximum atomic E-state index is 13.5. The first kappa shape index (κ1) is 21.6. The number of hydrazine groups is 1. The van der Waals surface area contributed by atoms with E-state index in [1.165, 1.54) is 5.01 Å². The number of fused-ring (bicyclic) bond motifs is 1. The average Bonchev–Trinajstić information content (AvgIpc) is 2.77. The van der Waals surface area contributed by atoms with E-state index in [0.717, 1.165) is 13.6 Å². The van der Waals surface area contributed by atoms with Crippen LogP contribution in [0.3, 0.4) is 0 Å². The number of benzene rings is 3. The third kappa shape index (κ3) is 4.40. The topological polar surface area (TPSA) is 70.7 Å². The smallest absolute Gasteiger partial charge is 0.276 e. The van der Waals surface area contributed by atoms with Gasteiger partial charge in [0.2, 0.25) is 0 Å². The van der Waals surface area contributed by atoms with Gasteiger partial charge in [-0.3, -0.25) is 15.0 Å². The number of anilines is 1. The molecule has 0 saturated carbocycles. The minimum Gasteiger partial charge on any atom is -0.493 e. The first-order valence-electron chi connectivity index (χ1n) is 9.66. The predicted octanol–water partition coefficient (Wildman–Crippen LogP) is 5.36. The molecule has 158 valence electrons. The summed E-state index contributed by atoms with van der Waals surface area (Å²) in [6, 6.07) is 20.2. The van der Waals surface area contributed by atoms with Gasteiger partial charge >= 0.3 is 0 Å². The van der Waals surface area contributed by atoms with Crippen molar-refractivity contribution in [3.8, 4) is 5.75 Å². The predicted molar refractivity (Wildman–Crippen MR) is 131 cm³/mol. The van der Waals surface area contributed by atoms with E-state index in [-0.39, 0.29) is 5.91 Å². The standard InChI is InChI=1S/C23H19BrIN3O3/c1-2-31-20-10-6-4-8-16(20)22(29)27-28-21(15-7-3-5-9-18(15)24)26-19-12-11-14(25)13-17(19)23(28)30/h3-13,21,26H,2H2,1H3,(H,27,29)/t21-/m1/s1. The second-order valence-corrected chi connectivity index (χ2v) is 8.90. The van der Waals surface area contributed by atoms with Gasteiger partial charge in [0.05, 0.1) is 17.7 Å². The maximum absolute atomic E-state index is 13.5. The number of nitrogens with zero attached hydrogens (tertiary/aromatic N) is 1. The van der Waals surface area contributed by atoms with E-state index >= 15 is 0 Å². The Balaban J connectivity index is 1.74. The van der Waals surface area contributed by atoms with Crippen molar-refractivity contribution in [2.75, 3.05) is 11.9 Å². The van der Waals surface area contributed by atoms with Crippen molar-refractivity contribution in [3.63, 3.8) is 0 Å². The molecule has 0 spiro atoms. The second kappa shape index (κ2) is 9.27. The van der Waals surface area contributed by atoms with Crippen LogP contribution in [-0.2, 0) is 0 Å². The molecular formula is C23H19BrIN3O3. The minimum absolute atomic E-state index is 0.296. The van der Waals surface area contributed by atoms with Gasteiger partial charge in [-0.2, -0.15) is 0 Å². The lowest BCUT2D eigenvalue weighted by atomic mass is 10.0. The SMILES string of the molecule is CCOc1ccccc1C(=O)NN1C(=O)c2cc(I)ccc2N[C@H]1c1ccccc1Br. The molecule has 0 aliphatic carbocycles. The van der Waals surface area contributed by atoms with Gasteiger partial charge in [-0.15, -0.1) is 0 Å². The number of para-hydroxylation sites is 1. The Kier molecular flexibility index (Phi) is 6.47. The summed E-state index contributed by atoms with van der Waals surface area (Å²) in [6.07, 6.45) is -0.598. The lowest BCUT2D eigenvalue weighted by Gasteiger charge is -2.38. The normalized spacial score (nSPS) is 15.1. The molecule has 1 heterocycles. The zero-order valence-corrected chi connectivity index (χ0v) is 20.3. The van der Waals surface area contributed by atoms with Gasteiger partial charge < -0.3 is 10.1 Å². The van der Waals surface area contributed by atoms with Crippen LogP contribution in [0.2, 0.25) is 0 Å². The number of carbonyl (C=O) groups is 2. The summed E-state index contributed by atoms with van der Waals surface area (Å²) in [6.45, 7) is 2.29. The van der Waals surface area contributed by atoms with Crippen molar-refractivity contribution < 1.29 is 14.3 Å². The summed E-state index contributed by atoms with van der Waals surface area (Å²) in [7, 11) is 0. The van der Waals surface area contributed by atoms with Gasteiger partial charge in [0, 0.05) is 19.3 Å². The molecule has 1 aliphatic heterocycles. The molecule has 1 aliphatic rings. The molecule has 3 aromatic rings. The van der Waals surface area contributed by atoms with E-state index in [9.17, 15) is 9.59 Å². The number of ether oxygens (including phenoxy) is 1. The molecule has 0 bridgehead atoms. The molecule has 8 heteroatoms. The first-order valence-corrected chi connectivity index (χ1v) is 11.5. The van der Waals surface area contributed by atoms with Crippen molar-refractivity contribution in [2.45, 2.75) is 13.1 Å². The summed E-state index contributed by atoms with van der Waals surface area (Å²) in [5.41, 5.74) is 5.18. The molecule has 0 radical (unpaired) electrons. The number of carbonyl (C=O) groups excluding carboxylic acids is 2. The molecule has 2 N–H and O–H groups in total. The van der Waals surface area contributed by atoms with Crippen molar-refractivity contribution >= 4 is 56.0 Å². The fraction of sp³-hybridized carbons (Fsp3) is 0.130. The third-order valence-corrected chi connectivity index (χ3v) is 6.23. The van der Waals surface area contributed by atoms with Gasteiger partial charge in [0.1, 0.15) is 11.9 Å². The van der Waals surface area contributed by atoms with Crippen LogP contribution < -0.4 is 15.5 Å². The summed E-state index contributed by atoms with van der Waals surface area (Å²) < 4.78 is 7.34. The number of amides is 2.